The quantitative estimate of drug-likeness (QED) is 0.581. The van der Waals surface area contributed by atoms with Crippen LogP contribution in [0.25, 0.3) is 0 Å². The first-order valence-electron chi connectivity index (χ1n) is 4.12. The van der Waals surface area contributed by atoms with E-state index < -0.39 is 0 Å². The Kier molecular flexibility index (Phi) is 4.49. The van der Waals surface area contributed by atoms with Crippen molar-refractivity contribution in [2.45, 2.75) is 6.92 Å². The lowest BCUT2D eigenvalue weighted by atomic mass is 10.5. The summed E-state index contributed by atoms with van der Waals surface area (Å²) in [6.45, 7) is 4.08. The first-order chi connectivity index (χ1) is 6.33. The highest BCUT2D eigenvalue weighted by atomic mass is 35.5. The molecule has 1 rings (SSSR count). The van der Waals surface area contributed by atoms with E-state index in [0.29, 0.717) is 11.8 Å². The van der Waals surface area contributed by atoms with Crippen LogP contribution in [-0.2, 0) is 4.74 Å². The Balaban J connectivity index is 2.28. The molecule has 0 atom stereocenters. The monoisotopic (exact) mass is 201 g/mol. The third-order valence-corrected chi connectivity index (χ3v) is 1.60. The molecule has 0 aliphatic heterocycles. The summed E-state index contributed by atoms with van der Waals surface area (Å²) in [5.41, 5.74) is 0. The Labute approximate surface area is 82.3 Å². The fourth-order valence-electron chi connectivity index (χ4n) is 0.826. The van der Waals surface area contributed by atoms with Crippen molar-refractivity contribution in [3.63, 3.8) is 0 Å². The Hall–Kier alpha value is -0.870. The van der Waals surface area contributed by atoms with Gasteiger partial charge in [0.05, 0.1) is 6.61 Å². The number of ether oxygens (including phenoxy) is 1. The summed E-state index contributed by atoms with van der Waals surface area (Å²) in [4.78, 5) is 7.74. The van der Waals surface area contributed by atoms with E-state index in [1.807, 2.05) is 6.92 Å². The van der Waals surface area contributed by atoms with Crippen LogP contribution in [0.2, 0.25) is 5.15 Å². The largest absolute Gasteiger partial charge is 0.380 e. The van der Waals surface area contributed by atoms with Crippen LogP contribution in [0.1, 0.15) is 6.92 Å². The van der Waals surface area contributed by atoms with Crippen molar-refractivity contribution in [3.05, 3.63) is 17.5 Å². The summed E-state index contributed by atoms with van der Waals surface area (Å²) in [7, 11) is 0. The highest BCUT2D eigenvalue weighted by Crippen LogP contribution is 2.07. The lowest BCUT2D eigenvalue weighted by Crippen LogP contribution is -2.10. The average Bonchev–Trinajstić information content (AvgIpc) is 2.13. The number of nitrogens with zero attached hydrogens (tertiary/aromatic N) is 2. The summed E-state index contributed by atoms with van der Waals surface area (Å²) in [5, 5.41) is 3.50. The van der Waals surface area contributed by atoms with Crippen LogP contribution in [0.3, 0.4) is 0 Å². The average molecular weight is 202 g/mol. The van der Waals surface area contributed by atoms with Crippen molar-refractivity contribution in [1.29, 1.82) is 0 Å². The van der Waals surface area contributed by atoms with E-state index in [4.69, 9.17) is 16.3 Å². The van der Waals surface area contributed by atoms with Crippen molar-refractivity contribution in [1.82, 2.24) is 9.97 Å². The zero-order chi connectivity index (χ0) is 9.52. The Morgan fingerprint density at radius 3 is 3.08 bits per heavy atom. The molecule has 0 unspecified atom stereocenters. The minimum Gasteiger partial charge on any atom is -0.380 e. The maximum atomic E-state index is 5.66. The van der Waals surface area contributed by atoms with Gasteiger partial charge in [-0.05, 0) is 6.92 Å². The molecule has 5 heteroatoms. The third kappa shape index (κ3) is 4.05. The Morgan fingerprint density at radius 2 is 2.38 bits per heavy atom. The SMILES string of the molecule is CCOCCNc1cc(Cl)ncn1. The smallest absolute Gasteiger partial charge is 0.134 e. The second-order valence-electron chi connectivity index (χ2n) is 2.35. The lowest BCUT2D eigenvalue weighted by Gasteiger charge is -2.04. The molecule has 0 amide bonds. The number of aromatic nitrogens is 2. The van der Waals surface area contributed by atoms with Crippen LogP contribution < -0.4 is 5.32 Å². The fourth-order valence-corrected chi connectivity index (χ4v) is 0.973. The minimum atomic E-state index is 0.439. The molecule has 1 N–H and O–H groups in total. The van der Waals surface area contributed by atoms with Crippen molar-refractivity contribution in [2.24, 2.45) is 0 Å². The summed E-state index contributed by atoms with van der Waals surface area (Å²) in [6, 6.07) is 1.67. The molecule has 0 aliphatic rings. The van der Waals surface area contributed by atoms with Gasteiger partial charge < -0.3 is 10.1 Å². The van der Waals surface area contributed by atoms with Gasteiger partial charge >= 0.3 is 0 Å². The molecule has 0 radical (unpaired) electrons. The van der Waals surface area contributed by atoms with Crippen LogP contribution >= 0.6 is 11.6 Å². The first-order valence-corrected chi connectivity index (χ1v) is 4.50. The second-order valence-corrected chi connectivity index (χ2v) is 2.74. The molecule has 13 heavy (non-hydrogen) atoms. The zero-order valence-corrected chi connectivity index (χ0v) is 8.21. The van der Waals surface area contributed by atoms with E-state index >= 15 is 0 Å². The highest BCUT2D eigenvalue weighted by molar-refractivity contribution is 6.29. The predicted octanol–water partition coefficient (Wildman–Crippen LogP) is 1.58. The van der Waals surface area contributed by atoms with Crippen LogP contribution in [0.4, 0.5) is 5.82 Å². The number of halogens is 1. The van der Waals surface area contributed by atoms with E-state index in [0.717, 1.165) is 19.0 Å². The lowest BCUT2D eigenvalue weighted by molar-refractivity contribution is 0.158. The molecule has 0 bridgehead atoms. The number of hydrogen-bond donors (Lipinski definition) is 1. The topological polar surface area (TPSA) is 47.0 Å². The van der Waals surface area contributed by atoms with Crippen molar-refractivity contribution in [3.8, 4) is 0 Å². The van der Waals surface area contributed by atoms with Gasteiger partial charge in [-0.3, -0.25) is 0 Å². The standard InChI is InChI=1S/C8H12ClN3O/c1-2-13-4-3-10-8-5-7(9)11-6-12-8/h5-6H,2-4H2,1H3,(H,10,11,12). The summed E-state index contributed by atoms with van der Waals surface area (Å²) >= 11 is 5.66. The molecule has 72 valence electrons. The molecule has 4 nitrogen and oxygen atoms in total. The molecular formula is C8H12ClN3O. The number of rotatable bonds is 5. The summed E-state index contributed by atoms with van der Waals surface area (Å²) in [5.74, 6) is 0.722. The maximum absolute atomic E-state index is 5.66. The molecule has 0 saturated heterocycles. The van der Waals surface area contributed by atoms with Gasteiger partial charge in [0, 0.05) is 19.2 Å². The Bertz CT molecular complexity index is 257. The van der Waals surface area contributed by atoms with Crippen molar-refractivity contribution >= 4 is 17.4 Å². The Morgan fingerprint density at radius 1 is 1.54 bits per heavy atom. The molecule has 0 spiro atoms. The normalized spacial score (nSPS) is 10.0. The van der Waals surface area contributed by atoms with Crippen LogP contribution in [0, 0.1) is 0 Å². The molecule has 0 aromatic carbocycles. The second kappa shape index (κ2) is 5.72. The minimum absolute atomic E-state index is 0.439. The molecular weight excluding hydrogens is 190 g/mol. The van der Waals surface area contributed by atoms with E-state index in [2.05, 4.69) is 15.3 Å². The molecule has 1 aromatic rings. The first kappa shape index (κ1) is 10.2. The molecule has 0 fully saturated rings. The zero-order valence-electron chi connectivity index (χ0n) is 7.46. The van der Waals surface area contributed by atoms with Gasteiger partial charge in [0.1, 0.15) is 17.3 Å². The third-order valence-electron chi connectivity index (χ3n) is 1.39. The van der Waals surface area contributed by atoms with Crippen molar-refractivity contribution < 1.29 is 4.74 Å². The van der Waals surface area contributed by atoms with E-state index in [9.17, 15) is 0 Å². The molecule has 1 heterocycles. The van der Waals surface area contributed by atoms with Crippen LogP contribution in [-0.4, -0.2) is 29.7 Å². The van der Waals surface area contributed by atoms with Gasteiger partial charge in [-0.15, -0.1) is 0 Å². The fraction of sp³-hybridized carbons (Fsp3) is 0.500. The number of nitrogens with one attached hydrogen (secondary N) is 1. The molecule has 1 aromatic heterocycles. The maximum Gasteiger partial charge on any atom is 0.134 e. The van der Waals surface area contributed by atoms with E-state index in [1.165, 1.54) is 6.33 Å². The van der Waals surface area contributed by atoms with Gasteiger partial charge in [-0.25, -0.2) is 9.97 Å². The van der Waals surface area contributed by atoms with Crippen LogP contribution in [0.15, 0.2) is 12.4 Å². The molecule has 0 saturated carbocycles. The van der Waals surface area contributed by atoms with E-state index in [1.54, 1.807) is 6.07 Å². The van der Waals surface area contributed by atoms with Crippen molar-refractivity contribution in [2.75, 3.05) is 25.1 Å². The van der Waals surface area contributed by atoms with E-state index in [-0.39, 0.29) is 0 Å². The predicted molar refractivity (Wildman–Crippen MR) is 52.0 cm³/mol. The van der Waals surface area contributed by atoms with Gasteiger partial charge in [0.15, 0.2) is 0 Å². The van der Waals surface area contributed by atoms with Gasteiger partial charge in [0.25, 0.3) is 0 Å². The van der Waals surface area contributed by atoms with Gasteiger partial charge in [0.2, 0.25) is 0 Å². The van der Waals surface area contributed by atoms with Gasteiger partial charge in [-0.1, -0.05) is 11.6 Å². The number of anilines is 1. The molecule has 0 aliphatic carbocycles. The number of hydrogen-bond acceptors (Lipinski definition) is 4. The van der Waals surface area contributed by atoms with Gasteiger partial charge in [-0.2, -0.15) is 0 Å². The summed E-state index contributed by atoms with van der Waals surface area (Å²) in [6.07, 6.45) is 1.42. The highest BCUT2D eigenvalue weighted by Gasteiger charge is 1.94. The van der Waals surface area contributed by atoms with Crippen LogP contribution in [0.5, 0.6) is 0 Å². The summed E-state index contributed by atoms with van der Waals surface area (Å²) < 4.78 is 5.15.